The van der Waals surface area contributed by atoms with Crippen LogP contribution < -0.4 is 0 Å². The van der Waals surface area contributed by atoms with Crippen LogP contribution in [0.3, 0.4) is 0 Å². The minimum atomic E-state index is 0.960. The fourth-order valence-electron chi connectivity index (χ4n) is 3.34. The van der Waals surface area contributed by atoms with Crippen molar-refractivity contribution >= 4 is 0 Å². The molecule has 1 rings (SSSR count). The lowest BCUT2D eigenvalue weighted by Crippen LogP contribution is -2.06. The molecule has 0 aromatic rings. The maximum atomic E-state index is 2.46. The van der Waals surface area contributed by atoms with Gasteiger partial charge in [-0.2, -0.15) is 0 Å². The summed E-state index contributed by atoms with van der Waals surface area (Å²) in [6, 6.07) is 0. The summed E-state index contributed by atoms with van der Waals surface area (Å²) in [5.41, 5.74) is 0. The van der Waals surface area contributed by atoms with E-state index in [9.17, 15) is 0 Å². The molecule has 0 spiro atoms. The molecule has 0 saturated heterocycles. The number of hydrogen-bond acceptors (Lipinski definition) is 0. The molecule has 108 valence electrons. The van der Waals surface area contributed by atoms with Crippen molar-refractivity contribution in [3.05, 3.63) is 0 Å². The largest absolute Gasteiger partial charge is 0.0625 e. The zero-order valence-corrected chi connectivity index (χ0v) is 13.4. The molecule has 4 atom stereocenters. The molecular weight excluding hydrogens is 216 g/mol. The van der Waals surface area contributed by atoms with Crippen LogP contribution in [0.5, 0.6) is 0 Å². The van der Waals surface area contributed by atoms with E-state index in [2.05, 4.69) is 27.7 Å². The van der Waals surface area contributed by atoms with Crippen LogP contribution in [-0.4, -0.2) is 0 Å². The summed E-state index contributed by atoms with van der Waals surface area (Å²) in [5.74, 6) is 3.84. The van der Waals surface area contributed by atoms with Gasteiger partial charge in [0.25, 0.3) is 0 Å². The van der Waals surface area contributed by atoms with Crippen LogP contribution >= 0.6 is 0 Å². The molecule has 0 nitrogen and oxygen atoms in total. The zero-order chi connectivity index (χ0) is 13.4. The van der Waals surface area contributed by atoms with Gasteiger partial charge < -0.3 is 0 Å². The van der Waals surface area contributed by atoms with Crippen molar-refractivity contribution in [1.82, 2.24) is 0 Å². The molecule has 1 fully saturated rings. The summed E-state index contributed by atoms with van der Waals surface area (Å²) in [5, 5.41) is 0. The second-order valence-corrected chi connectivity index (χ2v) is 7.44. The quantitative estimate of drug-likeness (QED) is 0.465. The van der Waals surface area contributed by atoms with E-state index in [1.54, 1.807) is 0 Å². The summed E-state index contributed by atoms with van der Waals surface area (Å²) in [7, 11) is 0. The van der Waals surface area contributed by atoms with E-state index in [-0.39, 0.29) is 0 Å². The van der Waals surface area contributed by atoms with E-state index in [1.807, 2.05) is 0 Å². The normalized spacial score (nSPS) is 38.0. The highest BCUT2D eigenvalue weighted by Gasteiger charge is 2.12. The van der Waals surface area contributed by atoms with Crippen LogP contribution in [0.25, 0.3) is 0 Å². The smallest absolute Gasteiger partial charge is 0.0443 e. The Labute approximate surface area is 116 Å². The van der Waals surface area contributed by atoms with E-state index >= 15 is 0 Å². The Kier molecular flexibility index (Phi) is 8.02. The summed E-state index contributed by atoms with van der Waals surface area (Å²) in [6.45, 7) is 9.85. The van der Waals surface area contributed by atoms with Crippen LogP contribution in [-0.2, 0) is 0 Å². The summed E-state index contributed by atoms with van der Waals surface area (Å²) < 4.78 is 0. The number of hydrogen-bond donors (Lipinski definition) is 0. The average Bonchev–Trinajstić information content (AvgIpc) is 2.33. The van der Waals surface area contributed by atoms with Gasteiger partial charge in [0.2, 0.25) is 0 Å². The molecule has 0 heterocycles. The van der Waals surface area contributed by atoms with E-state index in [0.717, 1.165) is 23.7 Å². The third kappa shape index (κ3) is 7.44. The molecule has 0 N–H and O–H groups in total. The Balaban J connectivity index is 2.36. The summed E-state index contributed by atoms with van der Waals surface area (Å²) >= 11 is 0. The Hall–Kier alpha value is 0. The van der Waals surface area contributed by atoms with E-state index in [0.29, 0.717) is 0 Å². The van der Waals surface area contributed by atoms with Gasteiger partial charge in [-0.1, -0.05) is 91.9 Å². The number of rotatable bonds is 0. The Bertz CT molecular complexity index is 154. The van der Waals surface area contributed by atoms with E-state index < -0.39 is 0 Å². The monoisotopic (exact) mass is 252 g/mol. The second kappa shape index (κ2) is 8.99. The molecular formula is C18H36. The van der Waals surface area contributed by atoms with Gasteiger partial charge in [0.1, 0.15) is 0 Å². The predicted octanol–water partition coefficient (Wildman–Crippen LogP) is 6.45. The lowest BCUT2D eigenvalue weighted by molar-refractivity contribution is 0.328. The fraction of sp³-hybridized carbons (Fsp3) is 1.00. The minimum Gasteiger partial charge on any atom is -0.0625 e. The van der Waals surface area contributed by atoms with Gasteiger partial charge in [0.15, 0.2) is 0 Å². The molecule has 0 aliphatic heterocycles. The van der Waals surface area contributed by atoms with Crippen LogP contribution in [0.1, 0.15) is 91.9 Å². The molecule has 0 amide bonds. The van der Waals surface area contributed by atoms with Crippen LogP contribution in [0.15, 0.2) is 0 Å². The zero-order valence-electron chi connectivity index (χ0n) is 13.4. The second-order valence-electron chi connectivity index (χ2n) is 7.44. The van der Waals surface area contributed by atoms with Crippen molar-refractivity contribution in [1.29, 1.82) is 0 Å². The average molecular weight is 252 g/mol. The van der Waals surface area contributed by atoms with Gasteiger partial charge in [0, 0.05) is 0 Å². The first kappa shape index (κ1) is 16.1. The third-order valence-corrected chi connectivity index (χ3v) is 5.09. The first-order valence-corrected chi connectivity index (χ1v) is 8.58. The van der Waals surface area contributed by atoms with Crippen LogP contribution in [0.4, 0.5) is 0 Å². The Morgan fingerprint density at radius 2 is 0.611 bits per heavy atom. The lowest BCUT2D eigenvalue weighted by atomic mass is 9.86. The third-order valence-electron chi connectivity index (χ3n) is 5.09. The van der Waals surface area contributed by atoms with Crippen molar-refractivity contribution in [2.45, 2.75) is 91.9 Å². The van der Waals surface area contributed by atoms with Crippen molar-refractivity contribution in [2.75, 3.05) is 0 Å². The maximum Gasteiger partial charge on any atom is -0.0443 e. The molecule has 0 radical (unpaired) electrons. The van der Waals surface area contributed by atoms with Crippen LogP contribution in [0.2, 0.25) is 0 Å². The van der Waals surface area contributed by atoms with Gasteiger partial charge >= 0.3 is 0 Å². The van der Waals surface area contributed by atoms with Crippen molar-refractivity contribution in [3.8, 4) is 0 Å². The molecule has 0 aromatic carbocycles. The first-order valence-electron chi connectivity index (χ1n) is 8.58. The molecule has 0 aromatic heterocycles. The SMILES string of the molecule is CC1CCC[C@@H](C)CCC(C)CCC[C@@H](C)CC1. The van der Waals surface area contributed by atoms with Crippen LogP contribution in [0, 0.1) is 23.7 Å². The van der Waals surface area contributed by atoms with Crippen molar-refractivity contribution in [2.24, 2.45) is 23.7 Å². The molecule has 0 bridgehead atoms. The lowest BCUT2D eigenvalue weighted by Gasteiger charge is -2.20. The topological polar surface area (TPSA) is 0 Å². The summed E-state index contributed by atoms with van der Waals surface area (Å²) in [4.78, 5) is 0. The maximum absolute atomic E-state index is 2.46. The van der Waals surface area contributed by atoms with E-state index in [4.69, 9.17) is 0 Å². The predicted molar refractivity (Wildman–Crippen MR) is 82.8 cm³/mol. The molecule has 1 saturated carbocycles. The first-order chi connectivity index (χ1) is 8.58. The highest BCUT2D eigenvalue weighted by atomic mass is 14.2. The molecule has 0 heteroatoms. The van der Waals surface area contributed by atoms with E-state index in [1.165, 1.54) is 64.2 Å². The molecule has 1 aliphatic rings. The van der Waals surface area contributed by atoms with Gasteiger partial charge in [-0.3, -0.25) is 0 Å². The standard InChI is InChI=1S/C18H36/c1-15-7-5-8-17(3)13-14-18(4)10-6-9-16(2)12-11-15/h15-18H,5-14H2,1-4H3/t15-,16?,17?,18-/m1/s1. The van der Waals surface area contributed by atoms with Gasteiger partial charge in [-0.15, -0.1) is 0 Å². The van der Waals surface area contributed by atoms with Gasteiger partial charge in [0.05, 0.1) is 0 Å². The Morgan fingerprint density at radius 1 is 0.389 bits per heavy atom. The highest BCUT2D eigenvalue weighted by molar-refractivity contribution is 4.64. The van der Waals surface area contributed by atoms with Gasteiger partial charge in [-0.05, 0) is 23.7 Å². The van der Waals surface area contributed by atoms with Gasteiger partial charge in [-0.25, -0.2) is 0 Å². The fourth-order valence-corrected chi connectivity index (χ4v) is 3.34. The molecule has 18 heavy (non-hydrogen) atoms. The minimum absolute atomic E-state index is 0.960. The highest BCUT2D eigenvalue weighted by Crippen LogP contribution is 2.26. The van der Waals surface area contributed by atoms with Crippen molar-refractivity contribution < 1.29 is 0 Å². The summed E-state index contributed by atoms with van der Waals surface area (Å²) in [6.07, 6.45) is 14.6. The molecule has 1 aliphatic carbocycles. The molecule has 2 unspecified atom stereocenters. The Morgan fingerprint density at radius 3 is 0.833 bits per heavy atom. The van der Waals surface area contributed by atoms with Crippen molar-refractivity contribution in [3.63, 3.8) is 0 Å².